The number of hydrogen-bond donors (Lipinski definition) is 2. The number of rotatable bonds is 4. The fraction of sp³-hybridized carbons (Fsp3) is 0. The number of anilines is 1. The van der Waals surface area contributed by atoms with Crippen LogP contribution in [0.4, 0.5) is 5.69 Å². The molecule has 0 aliphatic carbocycles. The van der Waals surface area contributed by atoms with Gasteiger partial charge in [0, 0.05) is 16.9 Å². The number of pyridine rings is 1. The van der Waals surface area contributed by atoms with Crippen LogP contribution < -0.4 is 4.72 Å². The first-order chi connectivity index (χ1) is 9.79. The topological polar surface area (TPSA) is 96.4 Å². The maximum atomic E-state index is 12.2. The molecule has 0 saturated carbocycles. The second-order valence-corrected chi connectivity index (χ2v) is 6.95. The summed E-state index contributed by atoms with van der Waals surface area (Å²) in [5.41, 5.74) is -0.0963. The minimum atomic E-state index is -3.92. The first-order valence-corrected chi connectivity index (χ1v) is 8.11. The van der Waals surface area contributed by atoms with Gasteiger partial charge in [-0.25, -0.2) is 13.2 Å². The Bertz CT molecular complexity index is 811. The Kier molecular flexibility index (Phi) is 4.50. The van der Waals surface area contributed by atoms with Crippen LogP contribution in [0.3, 0.4) is 0 Å². The standard InChI is InChI=1S/C12H8BrClN2O4S/c13-8-4-9(6-15-5-8)21(19,20)16-11-3-7(12(17)18)1-2-10(11)14/h1-6,16H,(H,17,18). The van der Waals surface area contributed by atoms with Gasteiger partial charge >= 0.3 is 5.97 Å². The lowest BCUT2D eigenvalue weighted by atomic mass is 10.2. The van der Waals surface area contributed by atoms with E-state index in [1.165, 1.54) is 30.6 Å². The fourth-order valence-electron chi connectivity index (χ4n) is 1.48. The van der Waals surface area contributed by atoms with Crippen molar-refractivity contribution in [1.29, 1.82) is 0 Å². The van der Waals surface area contributed by atoms with E-state index in [1.54, 1.807) is 0 Å². The second kappa shape index (κ2) is 6.00. The van der Waals surface area contributed by atoms with Gasteiger partial charge in [0.15, 0.2) is 0 Å². The molecule has 0 atom stereocenters. The van der Waals surface area contributed by atoms with E-state index in [0.717, 1.165) is 6.07 Å². The van der Waals surface area contributed by atoms with Gasteiger partial charge in [0.05, 0.1) is 16.3 Å². The Morgan fingerprint density at radius 1 is 1.29 bits per heavy atom. The van der Waals surface area contributed by atoms with Crippen LogP contribution in [-0.2, 0) is 10.0 Å². The van der Waals surface area contributed by atoms with Crippen LogP contribution in [0.1, 0.15) is 10.4 Å². The van der Waals surface area contributed by atoms with E-state index in [4.69, 9.17) is 16.7 Å². The highest BCUT2D eigenvalue weighted by molar-refractivity contribution is 9.10. The average molecular weight is 392 g/mol. The van der Waals surface area contributed by atoms with Crippen LogP contribution in [0.25, 0.3) is 0 Å². The number of sulfonamides is 1. The normalized spacial score (nSPS) is 11.1. The molecule has 0 aliphatic rings. The maximum Gasteiger partial charge on any atom is 0.335 e. The van der Waals surface area contributed by atoms with E-state index in [1.807, 2.05) is 0 Å². The van der Waals surface area contributed by atoms with Crippen molar-refractivity contribution in [2.75, 3.05) is 4.72 Å². The van der Waals surface area contributed by atoms with Crippen molar-refractivity contribution in [2.24, 2.45) is 0 Å². The lowest BCUT2D eigenvalue weighted by Crippen LogP contribution is -2.14. The predicted octanol–water partition coefficient (Wildman–Crippen LogP) is 3.00. The van der Waals surface area contributed by atoms with Gasteiger partial charge < -0.3 is 5.11 Å². The van der Waals surface area contributed by atoms with Gasteiger partial charge in [0.2, 0.25) is 0 Å². The molecule has 0 radical (unpaired) electrons. The molecule has 0 aliphatic heterocycles. The Labute approximate surface area is 134 Å². The van der Waals surface area contributed by atoms with Gasteiger partial charge in [-0.05, 0) is 40.2 Å². The molecule has 0 saturated heterocycles. The van der Waals surface area contributed by atoms with Crippen molar-refractivity contribution in [3.05, 3.63) is 51.7 Å². The average Bonchev–Trinajstić information content (AvgIpc) is 2.41. The number of nitrogens with zero attached hydrogens (tertiary/aromatic N) is 1. The molecule has 0 unspecified atom stereocenters. The van der Waals surface area contributed by atoms with E-state index in [0.29, 0.717) is 4.47 Å². The number of aromatic carboxylic acids is 1. The lowest BCUT2D eigenvalue weighted by Gasteiger charge is -2.10. The molecule has 2 aromatic rings. The minimum absolute atomic E-state index is 0.0171. The van der Waals surface area contributed by atoms with Crippen LogP contribution in [-0.4, -0.2) is 24.5 Å². The molecule has 110 valence electrons. The van der Waals surface area contributed by atoms with Crippen molar-refractivity contribution in [1.82, 2.24) is 4.98 Å². The minimum Gasteiger partial charge on any atom is -0.478 e. The van der Waals surface area contributed by atoms with Gasteiger partial charge in [-0.2, -0.15) is 0 Å². The number of carboxylic acids is 1. The number of benzene rings is 1. The number of halogens is 2. The van der Waals surface area contributed by atoms with Crippen molar-refractivity contribution in [3.8, 4) is 0 Å². The first kappa shape index (κ1) is 15.7. The molecule has 0 bridgehead atoms. The Morgan fingerprint density at radius 3 is 2.62 bits per heavy atom. The molecule has 2 N–H and O–H groups in total. The summed E-state index contributed by atoms with van der Waals surface area (Å²) in [5.74, 6) is -1.18. The van der Waals surface area contributed by atoms with Gasteiger partial charge in [-0.15, -0.1) is 0 Å². The zero-order valence-electron chi connectivity index (χ0n) is 10.2. The predicted molar refractivity (Wildman–Crippen MR) is 81.2 cm³/mol. The Morgan fingerprint density at radius 2 is 2.00 bits per heavy atom. The number of hydrogen-bond acceptors (Lipinski definition) is 4. The molecule has 6 nitrogen and oxygen atoms in total. The van der Waals surface area contributed by atoms with Gasteiger partial charge in [0.25, 0.3) is 10.0 Å². The van der Waals surface area contributed by atoms with Crippen LogP contribution in [0.15, 0.2) is 46.0 Å². The molecule has 21 heavy (non-hydrogen) atoms. The van der Waals surface area contributed by atoms with Crippen molar-refractivity contribution in [2.45, 2.75) is 4.90 Å². The monoisotopic (exact) mass is 390 g/mol. The van der Waals surface area contributed by atoms with E-state index in [-0.39, 0.29) is 21.2 Å². The van der Waals surface area contributed by atoms with Crippen LogP contribution >= 0.6 is 27.5 Å². The highest BCUT2D eigenvalue weighted by Gasteiger charge is 2.17. The van der Waals surface area contributed by atoms with Gasteiger partial charge in [0.1, 0.15) is 4.90 Å². The van der Waals surface area contributed by atoms with E-state index in [2.05, 4.69) is 25.6 Å². The molecular formula is C12H8BrClN2O4S. The highest BCUT2D eigenvalue weighted by Crippen LogP contribution is 2.26. The summed E-state index contributed by atoms with van der Waals surface area (Å²) in [7, 11) is -3.92. The smallest absolute Gasteiger partial charge is 0.335 e. The van der Waals surface area contributed by atoms with Crippen LogP contribution in [0.5, 0.6) is 0 Å². The summed E-state index contributed by atoms with van der Waals surface area (Å²) >= 11 is 9.01. The number of carbonyl (C=O) groups is 1. The number of aromatic nitrogens is 1. The lowest BCUT2D eigenvalue weighted by molar-refractivity contribution is 0.0697. The molecule has 9 heteroatoms. The SMILES string of the molecule is O=C(O)c1ccc(Cl)c(NS(=O)(=O)c2cncc(Br)c2)c1. The maximum absolute atomic E-state index is 12.2. The summed E-state index contributed by atoms with van der Waals surface area (Å²) in [6.45, 7) is 0. The van der Waals surface area contributed by atoms with E-state index in [9.17, 15) is 13.2 Å². The van der Waals surface area contributed by atoms with Crippen LogP contribution in [0.2, 0.25) is 5.02 Å². The van der Waals surface area contributed by atoms with Gasteiger partial charge in [-0.3, -0.25) is 9.71 Å². The number of nitrogens with one attached hydrogen (secondary N) is 1. The van der Waals surface area contributed by atoms with E-state index >= 15 is 0 Å². The summed E-state index contributed by atoms with van der Waals surface area (Å²) < 4.78 is 27.2. The molecule has 1 heterocycles. The molecular weight excluding hydrogens is 384 g/mol. The molecule has 2 rings (SSSR count). The van der Waals surface area contributed by atoms with Crippen molar-refractivity contribution in [3.63, 3.8) is 0 Å². The fourth-order valence-corrected chi connectivity index (χ4v) is 3.27. The zero-order chi connectivity index (χ0) is 15.6. The third-order valence-electron chi connectivity index (χ3n) is 2.45. The van der Waals surface area contributed by atoms with E-state index < -0.39 is 16.0 Å². The zero-order valence-corrected chi connectivity index (χ0v) is 13.4. The third-order valence-corrected chi connectivity index (χ3v) is 4.54. The molecule has 0 amide bonds. The molecule has 0 fully saturated rings. The third kappa shape index (κ3) is 3.72. The summed E-state index contributed by atoms with van der Waals surface area (Å²) in [5, 5.41) is 9.00. The van der Waals surface area contributed by atoms with Crippen molar-refractivity contribution < 1.29 is 18.3 Å². The Hall–Kier alpha value is -1.64. The van der Waals surface area contributed by atoms with Crippen LogP contribution in [0, 0.1) is 0 Å². The summed E-state index contributed by atoms with van der Waals surface area (Å²) in [4.78, 5) is 14.6. The Balaban J connectivity index is 2.41. The largest absolute Gasteiger partial charge is 0.478 e. The molecule has 0 spiro atoms. The molecule has 1 aromatic carbocycles. The van der Waals surface area contributed by atoms with Gasteiger partial charge in [-0.1, -0.05) is 11.6 Å². The summed E-state index contributed by atoms with van der Waals surface area (Å²) in [6, 6.07) is 5.10. The second-order valence-electron chi connectivity index (χ2n) is 3.94. The first-order valence-electron chi connectivity index (χ1n) is 5.46. The number of carboxylic acid groups (broad SMARTS) is 1. The highest BCUT2D eigenvalue weighted by atomic mass is 79.9. The van der Waals surface area contributed by atoms with Crippen molar-refractivity contribution >= 4 is 49.2 Å². The quantitative estimate of drug-likeness (QED) is 0.835. The summed E-state index contributed by atoms with van der Waals surface area (Å²) in [6.07, 6.45) is 2.61. The molecule has 1 aromatic heterocycles.